The molecule has 3 rings (SSSR count). The Hall–Kier alpha value is -5.53. The fourth-order valence-corrected chi connectivity index (χ4v) is 3.16. The van der Waals surface area contributed by atoms with Crippen molar-refractivity contribution in [3.8, 4) is 5.75 Å². The monoisotopic (exact) mass is 539 g/mol. The van der Waals surface area contributed by atoms with Gasteiger partial charge in [-0.1, -0.05) is 12.1 Å². The molecule has 0 saturated carbocycles. The van der Waals surface area contributed by atoms with Gasteiger partial charge in [-0.2, -0.15) is 0 Å². The zero-order valence-corrected chi connectivity index (χ0v) is 20.1. The van der Waals surface area contributed by atoms with Gasteiger partial charge in [0, 0.05) is 30.7 Å². The topological polar surface area (TPSA) is 197 Å². The van der Waals surface area contributed by atoms with Gasteiger partial charge in [-0.3, -0.25) is 20.2 Å². The molecule has 39 heavy (non-hydrogen) atoms. The number of nitro benzene ring substituents is 2. The van der Waals surface area contributed by atoms with Crippen molar-refractivity contribution in [3.05, 3.63) is 110 Å². The second-order valence-corrected chi connectivity index (χ2v) is 7.95. The minimum Gasteiger partial charge on any atom is -0.480 e. The van der Waals surface area contributed by atoms with Gasteiger partial charge < -0.3 is 24.6 Å². The first-order valence-corrected chi connectivity index (χ1v) is 11.2. The normalized spacial score (nSPS) is 11.1. The first-order valence-electron chi connectivity index (χ1n) is 11.2. The zero-order valence-electron chi connectivity index (χ0n) is 20.1. The number of non-ortho nitro benzene ring substituents is 2. The van der Waals surface area contributed by atoms with Gasteiger partial charge in [0.15, 0.2) is 0 Å². The molecule has 0 aliphatic carbocycles. The number of ether oxygens (including phenoxy) is 3. The van der Waals surface area contributed by atoms with Crippen LogP contribution in [-0.4, -0.2) is 39.2 Å². The molecule has 0 saturated heterocycles. The first kappa shape index (κ1) is 28.0. The Labute approximate surface area is 220 Å². The number of carboxylic acid groups (broad SMARTS) is 1. The molecule has 0 unspecified atom stereocenters. The van der Waals surface area contributed by atoms with Gasteiger partial charge in [0.2, 0.25) is 0 Å². The predicted molar refractivity (Wildman–Crippen MR) is 132 cm³/mol. The third-order valence-electron chi connectivity index (χ3n) is 5.18. The number of rotatable bonds is 11. The minimum atomic E-state index is -1.33. The van der Waals surface area contributed by atoms with E-state index in [-0.39, 0.29) is 36.8 Å². The number of nitrogens with one attached hydrogen (secondary N) is 1. The third-order valence-corrected chi connectivity index (χ3v) is 5.18. The number of hydrogen-bond acceptors (Lipinski definition) is 10. The lowest BCUT2D eigenvalue weighted by Crippen LogP contribution is -2.42. The summed E-state index contributed by atoms with van der Waals surface area (Å²) in [5.41, 5.74) is 1.28. The summed E-state index contributed by atoms with van der Waals surface area (Å²) < 4.78 is 15.0. The van der Waals surface area contributed by atoms with Gasteiger partial charge in [-0.15, -0.1) is 0 Å². The summed E-state index contributed by atoms with van der Waals surface area (Å²) in [5, 5.41) is 33.1. The molecule has 3 aromatic carbocycles. The molecule has 2 N–H and O–H groups in total. The fraction of sp³-hybridized carbons (Fsp3) is 0.160. The van der Waals surface area contributed by atoms with Crippen molar-refractivity contribution in [3.63, 3.8) is 0 Å². The van der Waals surface area contributed by atoms with E-state index in [0.717, 1.165) is 0 Å². The lowest BCUT2D eigenvalue weighted by molar-refractivity contribution is -0.385. The Morgan fingerprint density at radius 3 is 1.67 bits per heavy atom. The van der Waals surface area contributed by atoms with Crippen molar-refractivity contribution >= 4 is 29.6 Å². The van der Waals surface area contributed by atoms with E-state index in [9.17, 15) is 39.7 Å². The number of aliphatic carboxylic acids is 1. The maximum atomic E-state index is 12.1. The van der Waals surface area contributed by atoms with Crippen LogP contribution in [0.1, 0.15) is 16.7 Å². The second kappa shape index (κ2) is 13.1. The smallest absolute Gasteiger partial charge is 0.480 e. The van der Waals surface area contributed by atoms with Crippen molar-refractivity contribution in [1.82, 2.24) is 5.32 Å². The molecule has 0 heterocycles. The molecule has 202 valence electrons. The van der Waals surface area contributed by atoms with Gasteiger partial charge in [0.25, 0.3) is 11.4 Å². The SMILES string of the molecule is O=C(N[C@@H](Cc1ccc(OC(=O)OCc2ccc([N+](=O)[O-])cc2)cc1)C(=O)O)OCc1ccc([N+](=O)[O-])cc1. The minimum absolute atomic E-state index is 0.0964. The number of carbonyl (C=O) groups is 3. The number of carbonyl (C=O) groups excluding carboxylic acids is 2. The number of nitrogens with zero attached hydrogens (tertiary/aromatic N) is 2. The van der Waals surface area contributed by atoms with E-state index in [4.69, 9.17) is 14.2 Å². The maximum absolute atomic E-state index is 12.1. The molecule has 0 fully saturated rings. The van der Waals surface area contributed by atoms with E-state index in [2.05, 4.69) is 5.32 Å². The van der Waals surface area contributed by atoms with Crippen molar-refractivity contribution in [1.29, 1.82) is 0 Å². The molecule has 1 atom stereocenters. The maximum Gasteiger partial charge on any atom is 0.514 e. The Kier molecular flexibility index (Phi) is 9.45. The Morgan fingerprint density at radius 2 is 1.21 bits per heavy atom. The summed E-state index contributed by atoms with van der Waals surface area (Å²) in [5.74, 6) is -1.19. The summed E-state index contributed by atoms with van der Waals surface area (Å²) in [6.07, 6.45) is -2.11. The summed E-state index contributed by atoms with van der Waals surface area (Å²) in [6.45, 7) is -0.385. The van der Waals surface area contributed by atoms with Crippen LogP contribution in [0.3, 0.4) is 0 Å². The molecule has 0 bridgehead atoms. The summed E-state index contributed by atoms with van der Waals surface area (Å²) in [7, 11) is 0. The number of benzene rings is 3. The molecule has 14 nitrogen and oxygen atoms in total. The Balaban J connectivity index is 1.46. The van der Waals surface area contributed by atoms with Crippen molar-refractivity contribution in [2.45, 2.75) is 25.7 Å². The number of nitro groups is 2. The van der Waals surface area contributed by atoms with Crippen LogP contribution in [0.25, 0.3) is 0 Å². The highest BCUT2D eigenvalue weighted by molar-refractivity contribution is 5.80. The highest BCUT2D eigenvalue weighted by Gasteiger charge is 2.21. The van der Waals surface area contributed by atoms with Gasteiger partial charge in [-0.05, 0) is 53.1 Å². The molecule has 1 amide bonds. The van der Waals surface area contributed by atoms with E-state index in [1.54, 1.807) is 0 Å². The molecule has 14 heteroatoms. The predicted octanol–water partition coefficient (Wildman–Crippen LogP) is 4.14. The van der Waals surface area contributed by atoms with Crippen LogP contribution in [-0.2, 0) is 33.9 Å². The summed E-state index contributed by atoms with van der Waals surface area (Å²) in [6, 6.07) is 15.3. The summed E-state index contributed by atoms with van der Waals surface area (Å²) in [4.78, 5) is 55.9. The van der Waals surface area contributed by atoms with Crippen LogP contribution in [0, 0.1) is 20.2 Å². The van der Waals surface area contributed by atoms with E-state index in [0.29, 0.717) is 16.7 Å². The number of hydrogen-bond donors (Lipinski definition) is 2. The third kappa shape index (κ3) is 8.82. The van der Waals surface area contributed by atoms with E-state index < -0.39 is 34.1 Å². The van der Waals surface area contributed by atoms with Crippen LogP contribution in [0.5, 0.6) is 5.75 Å². The molecular weight excluding hydrogens is 518 g/mol. The summed E-state index contributed by atoms with van der Waals surface area (Å²) >= 11 is 0. The lowest BCUT2D eigenvalue weighted by atomic mass is 10.1. The molecular formula is C25H21N3O11. The number of alkyl carbamates (subject to hydrolysis) is 1. The zero-order chi connectivity index (χ0) is 28.4. The Bertz CT molecular complexity index is 1340. The molecule has 3 aromatic rings. The van der Waals surface area contributed by atoms with Crippen molar-refractivity contribution in [2.24, 2.45) is 0 Å². The van der Waals surface area contributed by atoms with Crippen molar-refractivity contribution in [2.75, 3.05) is 0 Å². The molecule has 0 aliphatic heterocycles. The second-order valence-electron chi connectivity index (χ2n) is 7.95. The van der Waals surface area contributed by atoms with E-state index in [1.165, 1.54) is 72.8 Å². The fourth-order valence-electron chi connectivity index (χ4n) is 3.16. The molecule has 0 aliphatic rings. The van der Waals surface area contributed by atoms with Gasteiger partial charge >= 0.3 is 18.2 Å². The number of carboxylic acids is 1. The van der Waals surface area contributed by atoms with Crippen LogP contribution in [0.4, 0.5) is 21.0 Å². The van der Waals surface area contributed by atoms with Crippen LogP contribution >= 0.6 is 0 Å². The standard InChI is InChI=1S/C25H21N3O11/c29-23(30)22(26-24(31)37-14-17-1-7-19(8-2-17)27(33)34)13-16-5-11-21(12-6-16)39-25(32)38-15-18-3-9-20(10-4-18)28(35)36/h1-12,22H,13-15H2,(H,26,31)(H,29,30)/t22-/m0/s1. The van der Waals surface area contributed by atoms with Gasteiger partial charge in [0.05, 0.1) is 9.85 Å². The molecule has 0 aromatic heterocycles. The Morgan fingerprint density at radius 1 is 0.744 bits per heavy atom. The quantitative estimate of drug-likeness (QED) is 0.154. The highest BCUT2D eigenvalue weighted by Crippen LogP contribution is 2.17. The lowest BCUT2D eigenvalue weighted by Gasteiger charge is -2.15. The average Bonchev–Trinajstić information content (AvgIpc) is 2.91. The average molecular weight is 539 g/mol. The molecule has 0 radical (unpaired) electrons. The highest BCUT2D eigenvalue weighted by atomic mass is 16.7. The van der Waals surface area contributed by atoms with E-state index >= 15 is 0 Å². The van der Waals surface area contributed by atoms with Gasteiger partial charge in [-0.25, -0.2) is 14.4 Å². The van der Waals surface area contributed by atoms with Crippen molar-refractivity contribution < 1.29 is 43.5 Å². The van der Waals surface area contributed by atoms with Crippen LogP contribution in [0.15, 0.2) is 72.8 Å². The molecule has 0 spiro atoms. The largest absolute Gasteiger partial charge is 0.514 e. The van der Waals surface area contributed by atoms with Crippen LogP contribution in [0.2, 0.25) is 0 Å². The van der Waals surface area contributed by atoms with E-state index in [1.807, 2.05) is 0 Å². The van der Waals surface area contributed by atoms with Crippen LogP contribution < -0.4 is 10.1 Å². The number of amides is 1. The van der Waals surface area contributed by atoms with Gasteiger partial charge in [0.1, 0.15) is 25.0 Å². The first-order chi connectivity index (χ1) is 18.6.